The van der Waals surface area contributed by atoms with E-state index < -0.39 is 0 Å². The largest absolute Gasteiger partial charge is 0.497 e. The van der Waals surface area contributed by atoms with Crippen molar-refractivity contribution in [3.05, 3.63) is 72.3 Å². The van der Waals surface area contributed by atoms with E-state index in [-0.39, 0.29) is 18.5 Å². The summed E-state index contributed by atoms with van der Waals surface area (Å²) in [6.07, 6.45) is 0. The maximum Gasteiger partial charge on any atom is 0.313 e. The summed E-state index contributed by atoms with van der Waals surface area (Å²) in [5.74, 6) is 0.941. The molecule has 26 heavy (non-hydrogen) atoms. The topological polar surface area (TPSA) is 44.8 Å². The number of ether oxygens (including phenoxy) is 3. The molecule has 134 valence electrons. The fraction of sp³-hybridized carbons (Fsp3) is 0.227. The van der Waals surface area contributed by atoms with E-state index in [2.05, 4.69) is 0 Å². The van der Waals surface area contributed by atoms with Gasteiger partial charge in [-0.25, -0.2) is 0 Å². The SMILES string of the molecule is COc1ccc2c(C(C)C(=O)OCCOc3ccccc3)cccc2c1. The molecule has 3 rings (SSSR count). The molecule has 0 spiro atoms. The summed E-state index contributed by atoms with van der Waals surface area (Å²) in [6, 6.07) is 21.2. The van der Waals surface area contributed by atoms with Crippen LogP contribution in [-0.2, 0) is 9.53 Å². The van der Waals surface area contributed by atoms with Crippen molar-refractivity contribution in [2.24, 2.45) is 0 Å². The first-order valence-corrected chi connectivity index (χ1v) is 8.60. The van der Waals surface area contributed by atoms with Crippen LogP contribution in [-0.4, -0.2) is 26.3 Å². The van der Waals surface area contributed by atoms with Gasteiger partial charge in [-0.3, -0.25) is 4.79 Å². The quantitative estimate of drug-likeness (QED) is 0.462. The van der Waals surface area contributed by atoms with Crippen molar-refractivity contribution in [3.63, 3.8) is 0 Å². The highest BCUT2D eigenvalue weighted by Gasteiger charge is 2.19. The number of para-hydroxylation sites is 1. The van der Waals surface area contributed by atoms with Gasteiger partial charge in [-0.1, -0.05) is 42.5 Å². The third-order valence-electron chi connectivity index (χ3n) is 4.28. The van der Waals surface area contributed by atoms with Crippen LogP contribution in [0.2, 0.25) is 0 Å². The van der Waals surface area contributed by atoms with E-state index in [1.165, 1.54) is 0 Å². The van der Waals surface area contributed by atoms with Crippen LogP contribution in [0.5, 0.6) is 11.5 Å². The van der Waals surface area contributed by atoms with Crippen LogP contribution < -0.4 is 9.47 Å². The van der Waals surface area contributed by atoms with Gasteiger partial charge in [-0.05, 0) is 47.5 Å². The molecule has 0 aliphatic heterocycles. The average Bonchev–Trinajstić information content (AvgIpc) is 2.70. The van der Waals surface area contributed by atoms with Crippen molar-refractivity contribution in [2.45, 2.75) is 12.8 Å². The molecule has 0 saturated carbocycles. The molecule has 3 aromatic carbocycles. The van der Waals surface area contributed by atoms with Crippen LogP contribution in [0.3, 0.4) is 0 Å². The summed E-state index contributed by atoms with van der Waals surface area (Å²) in [4.78, 5) is 12.4. The first-order chi connectivity index (χ1) is 12.7. The average molecular weight is 350 g/mol. The lowest BCUT2D eigenvalue weighted by atomic mass is 9.95. The molecule has 1 unspecified atom stereocenters. The fourth-order valence-corrected chi connectivity index (χ4v) is 2.86. The number of hydrogen-bond acceptors (Lipinski definition) is 4. The second-order valence-electron chi connectivity index (χ2n) is 5.99. The number of carbonyl (C=O) groups excluding carboxylic acids is 1. The first kappa shape index (κ1) is 17.8. The van der Waals surface area contributed by atoms with Gasteiger partial charge in [0.05, 0.1) is 13.0 Å². The zero-order valence-corrected chi connectivity index (χ0v) is 15.0. The van der Waals surface area contributed by atoms with E-state index in [9.17, 15) is 4.79 Å². The van der Waals surface area contributed by atoms with E-state index in [1.54, 1.807) is 7.11 Å². The van der Waals surface area contributed by atoms with Crippen LogP contribution in [0.4, 0.5) is 0 Å². The van der Waals surface area contributed by atoms with Crippen molar-refractivity contribution >= 4 is 16.7 Å². The number of carbonyl (C=O) groups is 1. The summed E-state index contributed by atoms with van der Waals surface area (Å²) in [6.45, 7) is 2.41. The minimum absolute atomic E-state index is 0.219. The lowest BCUT2D eigenvalue weighted by Gasteiger charge is -2.15. The minimum Gasteiger partial charge on any atom is -0.497 e. The monoisotopic (exact) mass is 350 g/mol. The second-order valence-corrected chi connectivity index (χ2v) is 5.99. The maximum atomic E-state index is 12.4. The van der Waals surface area contributed by atoms with Gasteiger partial charge in [0.1, 0.15) is 24.7 Å². The molecule has 0 radical (unpaired) electrons. The van der Waals surface area contributed by atoms with Crippen molar-refractivity contribution in [1.29, 1.82) is 0 Å². The van der Waals surface area contributed by atoms with Gasteiger partial charge < -0.3 is 14.2 Å². The Morgan fingerprint density at radius 2 is 1.73 bits per heavy atom. The van der Waals surface area contributed by atoms with E-state index in [4.69, 9.17) is 14.2 Å². The molecule has 0 aliphatic rings. The highest BCUT2D eigenvalue weighted by Crippen LogP contribution is 2.29. The van der Waals surface area contributed by atoms with Crippen LogP contribution in [0.25, 0.3) is 10.8 Å². The smallest absolute Gasteiger partial charge is 0.313 e. The zero-order valence-electron chi connectivity index (χ0n) is 15.0. The molecule has 0 N–H and O–H groups in total. The molecule has 0 aliphatic carbocycles. The third kappa shape index (κ3) is 4.14. The summed E-state index contributed by atoms with van der Waals surface area (Å²) >= 11 is 0. The Kier molecular flexibility index (Phi) is 5.74. The van der Waals surface area contributed by atoms with Crippen LogP contribution in [0.1, 0.15) is 18.4 Å². The molecule has 0 fully saturated rings. The number of hydrogen-bond donors (Lipinski definition) is 0. The molecule has 4 heteroatoms. The van der Waals surface area contributed by atoms with E-state index in [1.807, 2.05) is 73.7 Å². The van der Waals surface area contributed by atoms with Gasteiger partial charge in [0.2, 0.25) is 0 Å². The van der Waals surface area contributed by atoms with Crippen molar-refractivity contribution < 1.29 is 19.0 Å². The fourth-order valence-electron chi connectivity index (χ4n) is 2.86. The van der Waals surface area contributed by atoms with Gasteiger partial charge in [-0.2, -0.15) is 0 Å². The summed E-state index contributed by atoms with van der Waals surface area (Å²) in [7, 11) is 1.64. The Hall–Kier alpha value is -3.01. The predicted octanol–water partition coefficient (Wildman–Crippen LogP) is 4.57. The van der Waals surface area contributed by atoms with Gasteiger partial charge in [0.25, 0.3) is 0 Å². The van der Waals surface area contributed by atoms with E-state index >= 15 is 0 Å². The number of rotatable bonds is 7. The minimum atomic E-state index is -0.358. The standard InChI is InChI=1S/C22H22O4/c1-16(22(23)26-14-13-25-18-8-4-3-5-9-18)20-10-6-7-17-15-19(24-2)11-12-21(17)20/h3-12,15-16H,13-14H2,1-2H3. The van der Waals surface area contributed by atoms with Crippen LogP contribution >= 0.6 is 0 Å². The van der Waals surface area contributed by atoms with Crippen molar-refractivity contribution in [2.75, 3.05) is 20.3 Å². The van der Waals surface area contributed by atoms with Crippen molar-refractivity contribution in [3.8, 4) is 11.5 Å². The molecule has 0 amide bonds. The summed E-state index contributed by atoms with van der Waals surface area (Å²) < 4.78 is 16.2. The Balaban J connectivity index is 1.62. The Morgan fingerprint density at radius 1 is 0.923 bits per heavy atom. The third-order valence-corrected chi connectivity index (χ3v) is 4.28. The predicted molar refractivity (Wildman–Crippen MR) is 102 cm³/mol. The number of benzene rings is 3. The van der Waals surface area contributed by atoms with Gasteiger partial charge in [0, 0.05) is 0 Å². The molecule has 0 saturated heterocycles. The molecule has 0 bridgehead atoms. The molecule has 0 heterocycles. The van der Waals surface area contributed by atoms with E-state index in [0.717, 1.165) is 27.8 Å². The molecule has 1 atom stereocenters. The number of methoxy groups -OCH3 is 1. The zero-order chi connectivity index (χ0) is 18.4. The van der Waals surface area contributed by atoms with Crippen LogP contribution in [0, 0.1) is 0 Å². The highest BCUT2D eigenvalue weighted by molar-refractivity contribution is 5.91. The van der Waals surface area contributed by atoms with E-state index in [0.29, 0.717) is 6.61 Å². The highest BCUT2D eigenvalue weighted by atomic mass is 16.6. The Morgan fingerprint density at radius 3 is 2.50 bits per heavy atom. The van der Waals surface area contributed by atoms with Crippen molar-refractivity contribution in [1.82, 2.24) is 0 Å². The molecular formula is C22H22O4. The van der Waals surface area contributed by atoms with Gasteiger partial charge in [0.15, 0.2) is 0 Å². The number of esters is 1. The second kappa shape index (κ2) is 8.39. The Labute approximate surface area is 153 Å². The molecular weight excluding hydrogens is 328 g/mol. The lowest BCUT2D eigenvalue weighted by Crippen LogP contribution is -2.17. The number of fused-ring (bicyclic) bond motifs is 1. The summed E-state index contributed by atoms with van der Waals surface area (Å²) in [5.41, 5.74) is 0.944. The maximum absolute atomic E-state index is 12.4. The van der Waals surface area contributed by atoms with Gasteiger partial charge in [-0.15, -0.1) is 0 Å². The molecule has 3 aromatic rings. The molecule has 4 nitrogen and oxygen atoms in total. The lowest BCUT2D eigenvalue weighted by molar-refractivity contribution is -0.145. The molecule has 0 aromatic heterocycles. The van der Waals surface area contributed by atoms with Crippen LogP contribution in [0.15, 0.2) is 66.7 Å². The Bertz CT molecular complexity index is 874. The first-order valence-electron chi connectivity index (χ1n) is 8.60. The van der Waals surface area contributed by atoms with Gasteiger partial charge >= 0.3 is 5.97 Å². The summed E-state index contributed by atoms with van der Waals surface area (Å²) in [5, 5.41) is 2.06. The normalized spacial score (nSPS) is 11.8.